The first-order chi connectivity index (χ1) is 13.4. The molecule has 1 amide bonds. The SMILES string of the molecule is COc1ccc(-c2n[nH]c(=S)n2CC(=O)N(C)Cc2cccc(Cl)c2Cl)cc1. The van der Waals surface area contributed by atoms with Crippen molar-refractivity contribution >= 4 is 41.3 Å². The second-order valence-electron chi connectivity index (χ2n) is 6.13. The number of likely N-dealkylation sites (N-methyl/N-ethyl adjacent to an activating group) is 1. The Morgan fingerprint density at radius 2 is 1.96 bits per heavy atom. The Bertz CT molecular complexity index is 1050. The van der Waals surface area contributed by atoms with Crippen LogP contribution < -0.4 is 4.74 Å². The van der Waals surface area contributed by atoms with E-state index in [4.69, 9.17) is 40.2 Å². The van der Waals surface area contributed by atoms with E-state index in [9.17, 15) is 4.79 Å². The van der Waals surface area contributed by atoms with Crippen LogP contribution in [0.1, 0.15) is 5.56 Å². The van der Waals surface area contributed by atoms with Crippen LogP contribution in [0.2, 0.25) is 10.0 Å². The van der Waals surface area contributed by atoms with E-state index < -0.39 is 0 Å². The minimum Gasteiger partial charge on any atom is -0.497 e. The van der Waals surface area contributed by atoms with Crippen LogP contribution in [0, 0.1) is 4.77 Å². The molecule has 0 bridgehead atoms. The molecule has 1 N–H and O–H groups in total. The van der Waals surface area contributed by atoms with Gasteiger partial charge in [0.15, 0.2) is 10.6 Å². The van der Waals surface area contributed by atoms with Gasteiger partial charge in [0, 0.05) is 19.2 Å². The number of H-pyrrole nitrogens is 1. The van der Waals surface area contributed by atoms with Gasteiger partial charge < -0.3 is 9.64 Å². The van der Waals surface area contributed by atoms with Crippen molar-refractivity contribution in [1.29, 1.82) is 0 Å². The number of rotatable bonds is 6. The summed E-state index contributed by atoms with van der Waals surface area (Å²) < 4.78 is 7.21. The molecule has 0 aliphatic carbocycles. The van der Waals surface area contributed by atoms with Crippen molar-refractivity contribution in [1.82, 2.24) is 19.7 Å². The molecule has 1 heterocycles. The molecule has 3 rings (SSSR count). The van der Waals surface area contributed by atoms with Crippen LogP contribution in [-0.4, -0.2) is 39.7 Å². The molecule has 0 saturated carbocycles. The minimum absolute atomic E-state index is 0.0470. The molecule has 146 valence electrons. The van der Waals surface area contributed by atoms with Crippen molar-refractivity contribution in [2.75, 3.05) is 14.2 Å². The molecule has 0 spiro atoms. The van der Waals surface area contributed by atoms with Crippen LogP contribution >= 0.6 is 35.4 Å². The van der Waals surface area contributed by atoms with Gasteiger partial charge in [0.1, 0.15) is 12.3 Å². The standard InChI is InChI=1S/C19H18Cl2N4O2S/c1-24(10-13-4-3-5-15(20)17(13)21)16(26)11-25-18(22-23-19(25)28)12-6-8-14(27-2)9-7-12/h3-9H,10-11H2,1-2H3,(H,23,28). The number of aromatic nitrogens is 3. The quantitative estimate of drug-likeness (QED) is 0.574. The van der Waals surface area contributed by atoms with Crippen molar-refractivity contribution in [3.05, 3.63) is 62.8 Å². The molecule has 0 aliphatic heterocycles. The molecule has 1 aromatic heterocycles. The summed E-state index contributed by atoms with van der Waals surface area (Å²) in [5, 5.41) is 7.91. The monoisotopic (exact) mass is 436 g/mol. The summed E-state index contributed by atoms with van der Waals surface area (Å²) in [4.78, 5) is 14.3. The molecule has 0 atom stereocenters. The molecular formula is C19H18Cl2N4O2S. The first-order valence-corrected chi connectivity index (χ1v) is 9.53. The Kier molecular flexibility index (Phi) is 6.39. The third-order valence-corrected chi connectivity index (χ3v) is 5.43. The molecule has 2 aromatic carbocycles. The fourth-order valence-electron chi connectivity index (χ4n) is 2.70. The van der Waals surface area contributed by atoms with E-state index in [1.54, 1.807) is 35.8 Å². The number of carbonyl (C=O) groups excluding carboxylic acids is 1. The third kappa shape index (κ3) is 4.38. The van der Waals surface area contributed by atoms with Crippen LogP contribution in [-0.2, 0) is 17.9 Å². The summed E-state index contributed by atoms with van der Waals surface area (Å²) in [7, 11) is 3.31. The average molecular weight is 437 g/mol. The van der Waals surface area contributed by atoms with Crippen molar-refractivity contribution in [3.63, 3.8) is 0 Å². The summed E-state index contributed by atoms with van der Waals surface area (Å²) in [5.74, 6) is 1.18. The van der Waals surface area contributed by atoms with E-state index >= 15 is 0 Å². The van der Waals surface area contributed by atoms with E-state index in [1.807, 2.05) is 30.3 Å². The number of methoxy groups -OCH3 is 1. The van der Waals surface area contributed by atoms with Crippen molar-refractivity contribution in [3.8, 4) is 17.1 Å². The van der Waals surface area contributed by atoms with Gasteiger partial charge in [-0.1, -0.05) is 35.3 Å². The van der Waals surface area contributed by atoms with E-state index in [0.717, 1.165) is 16.9 Å². The number of hydrogen-bond donors (Lipinski definition) is 1. The van der Waals surface area contributed by atoms with E-state index in [0.29, 0.717) is 27.2 Å². The molecule has 0 aliphatic rings. The molecule has 0 unspecified atom stereocenters. The van der Waals surface area contributed by atoms with E-state index in [1.165, 1.54) is 0 Å². The summed E-state index contributed by atoms with van der Waals surface area (Å²) in [6.07, 6.45) is 0. The lowest BCUT2D eigenvalue weighted by Crippen LogP contribution is -2.30. The zero-order chi connectivity index (χ0) is 20.3. The fraction of sp³-hybridized carbons (Fsp3) is 0.211. The number of ether oxygens (including phenoxy) is 1. The lowest BCUT2D eigenvalue weighted by molar-refractivity contribution is -0.131. The largest absolute Gasteiger partial charge is 0.497 e. The maximum absolute atomic E-state index is 12.8. The Hall–Kier alpha value is -2.35. The van der Waals surface area contributed by atoms with Crippen molar-refractivity contribution in [2.45, 2.75) is 13.1 Å². The van der Waals surface area contributed by atoms with E-state index in [2.05, 4.69) is 10.2 Å². The molecular weight excluding hydrogens is 419 g/mol. The predicted octanol–water partition coefficient (Wildman–Crippen LogP) is 4.58. The van der Waals surface area contributed by atoms with Gasteiger partial charge >= 0.3 is 0 Å². The van der Waals surface area contributed by atoms with Gasteiger partial charge in [-0.05, 0) is 48.1 Å². The van der Waals surface area contributed by atoms with Crippen molar-refractivity contribution in [2.24, 2.45) is 0 Å². The summed E-state index contributed by atoms with van der Waals surface area (Å²) in [5.41, 5.74) is 1.60. The Morgan fingerprint density at radius 1 is 1.25 bits per heavy atom. The van der Waals surface area contributed by atoms with Crippen LogP contribution in [0.25, 0.3) is 11.4 Å². The highest BCUT2D eigenvalue weighted by Crippen LogP contribution is 2.26. The lowest BCUT2D eigenvalue weighted by Gasteiger charge is -2.19. The lowest BCUT2D eigenvalue weighted by atomic mass is 10.2. The maximum Gasteiger partial charge on any atom is 0.242 e. The molecule has 6 nitrogen and oxygen atoms in total. The smallest absolute Gasteiger partial charge is 0.242 e. The maximum atomic E-state index is 12.8. The number of amides is 1. The predicted molar refractivity (Wildman–Crippen MR) is 112 cm³/mol. The summed E-state index contributed by atoms with van der Waals surface area (Å²) in [6, 6.07) is 12.7. The molecule has 0 radical (unpaired) electrons. The highest BCUT2D eigenvalue weighted by atomic mass is 35.5. The number of nitrogens with one attached hydrogen (secondary N) is 1. The van der Waals surface area contributed by atoms with Gasteiger partial charge in [-0.25, -0.2) is 0 Å². The molecule has 28 heavy (non-hydrogen) atoms. The number of nitrogens with zero attached hydrogens (tertiary/aromatic N) is 3. The van der Waals surface area contributed by atoms with Gasteiger partial charge in [0.2, 0.25) is 5.91 Å². The zero-order valence-corrected chi connectivity index (χ0v) is 17.6. The Labute approximate surface area is 177 Å². The van der Waals surface area contributed by atoms with Gasteiger partial charge in [-0.15, -0.1) is 0 Å². The van der Waals surface area contributed by atoms with Gasteiger partial charge in [0.05, 0.1) is 17.2 Å². The summed E-state index contributed by atoms with van der Waals surface area (Å²) in [6.45, 7) is 0.382. The van der Waals surface area contributed by atoms with Gasteiger partial charge in [-0.3, -0.25) is 14.5 Å². The molecule has 9 heteroatoms. The molecule has 0 saturated heterocycles. The fourth-order valence-corrected chi connectivity index (χ4v) is 3.27. The van der Waals surface area contributed by atoms with Gasteiger partial charge in [0.25, 0.3) is 0 Å². The van der Waals surface area contributed by atoms with E-state index in [-0.39, 0.29) is 12.5 Å². The Balaban J connectivity index is 1.79. The second-order valence-corrected chi connectivity index (χ2v) is 7.30. The summed E-state index contributed by atoms with van der Waals surface area (Å²) >= 11 is 17.6. The molecule has 0 fully saturated rings. The second kappa shape index (κ2) is 8.77. The minimum atomic E-state index is -0.136. The first kappa shape index (κ1) is 20.4. The topological polar surface area (TPSA) is 63.1 Å². The first-order valence-electron chi connectivity index (χ1n) is 8.37. The van der Waals surface area contributed by atoms with Crippen LogP contribution in [0.5, 0.6) is 5.75 Å². The molecule has 3 aromatic rings. The number of aromatic amines is 1. The number of carbonyl (C=O) groups is 1. The van der Waals surface area contributed by atoms with Crippen LogP contribution in [0.4, 0.5) is 0 Å². The number of benzene rings is 2. The van der Waals surface area contributed by atoms with Crippen molar-refractivity contribution < 1.29 is 9.53 Å². The normalized spacial score (nSPS) is 10.7. The number of hydrogen-bond acceptors (Lipinski definition) is 4. The number of halogens is 2. The zero-order valence-electron chi connectivity index (χ0n) is 15.3. The third-order valence-electron chi connectivity index (χ3n) is 4.26. The van der Waals surface area contributed by atoms with Crippen LogP contribution in [0.3, 0.4) is 0 Å². The highest BCUT2D eigenvalue weighted by Gasteiger charge is 2.17. The van der Waals surface area contributed by atoms with Gasteiger partial charge in [-0.2, -0.15) is 5.10 Å². The average Bonchev–Trinajstić information content (AvgIpc) is 3.05. The Morgan fingerprint density at radius 3 is 2.64 bits per heavy atom. The highest BCUT2D eigenvalue weighted by molar-refractivity contribution is 7.71. The van der Waals surface area contributed by atoms with Crippen LogP contribution in [0.15, 0.2) is 42.5 Å².